The minimum absolute atomic E-state index is 0.241. The summed E-state index contributed by atoms with van der Waals surface area (Å²) in [6.07, 6.45) is 0.118. The van der Waals surface area contributed by atoms with E-state index >= 15 is 0 Å². The topological polar surface area (TPSA) is 38.8 Å². The quantitative estimate of drug-likeness (QED) is 0.300. The summed E-state index contributed by atoms with van der Waals surface area (Å²) in [6.45, 7) is 1.27. The molecule has 0 saturated carbocycles. The summed E-state index contributed by atoms with van der Waals surface area (Å²) in [5, 5.41) is 0. The molecule has 176 valence electrons. The second kappa shape index (κ2) is 11.0. The summed E-state index contributed by atoms with van der Waals surface area (Å²) in [4.78, 5) is 15.3. The molecule has 1 aliphatic rings. The molecule has 2 unspecified atom stereocenters. The predicted molar refractivity (Wildman–Crippen MR) is 137 cm³/mol. The van der Waals surface area contributed by atoms with Crippen LogP contribution in [-0.2, 0) is 29.1 Å². The van der Waals surface area contributed by atoms with Crippen LogP contribution in [0.4, 0.5) is 4.79 Å². The fraction of sp³-hybridized carbons (Fsp3) is 0.194. The number of hydrogen-bond acceptors (Lipinski definition) is 3. The van der Waals surface area contributed by atoms with Gasteiger partial charge in [-0.3, -0.25) is 4.90 Å². The van der Waals surface area contributed by atoms with Gasteiger partial charge in [0.1, 0.15) is 12.7 Å². The van der Waals surface area contributed by atoms with E-state index in [9.17, 15) is 4.79 Å². The van der Waals surface area contributed by atoms with Gasteiger partial charge < -0.3 is 9.47 Å². The molecule has 0 aromatic heterocycles. The first-order valence-corrected chi connectivity index (χ1v) is 12.1. The molecule has 4 aromatic carbocycles. The zero-order chi connectivity index (χ0) is 23.9. The molecule has 1 heterocycles. The Labute approximate surface area is 206 Å². The molecule has 0 spiro atoms. The van der Waals surface area contributed by atoms with Gasteiger partial charge in [-0.05, 0) is 34.2 Å². The lowest BCUT2D eigenvalue weighted by molar-refractivity contribution is -0.0312. The highest BCUT2D eigenvalue weighted by molar-refractivity contribution is 5.69. The van der Waals surface area contributed by atoms with Gasteiger partial charge in [-0.15, -0.1) is 0 Å². The normalized spacial score (nSPS) is 15.8. The maximum absolute atomic E-state index is 13.4. The molecule has 0 aliphatic carbocycles. The van der Waals surface area contributed by atoms with Crippen LogP contribution < -0.4 is 0 Å². The molecule has 0 bridgehead atoms. The Morgan fingerprint density at radius 2 is 1.31 bits per heavy atom. The number of fused-ring (bicyclic) bond motifs is 1. The lowest BCUT2D eigenvalue weighted by atomic mass is 9.87. The second-order valence-electron chi connectivity index (χ2n) is 8.76. The van der Waals surface area contributed by atoms with Gasteiger partial charge in [0, 0.05) is 6.54 Å². The van der Waals surface area contributed by atoms with E-state index in [1.165, 1.54) is 5.56 Å². The standard InChI is InChI=1S/C31H29NO3/c33-31(35-23-25-14-6-2-7-15-25)32-21-20-26-16-10-11-19-28(26)29(32)30(27-17-8-3-9-18-27)34-22-24-12-4-1-5-13-24/h1-19,29-30H,20-23H2. The fourth-order valence-corrected chi connectivity index (χ4v) is 4.70. The van der Waals surface area contributed by atoms with E-state index in [-0.39, 0.29) is 24.8 Å². The molecule has 2 atom stereocenters. The zero-order valence-corrected chi connectivity index (χ0v) is 19.6. The van der Waals surface area contributed by atoms with Crippen molar-refractivity contribution >= 4 is 6.09 Å². The molecule has 5 rings (SSSR count). The monoisotopic (exact) mass is 463 g/mol. The van der Waals surface area contributed by atoms with Crippen molar-refractivity contribution < 1.29 is 14.3 Å². The minimum atomic E-state index is -0.345. The van der Waals surface area contributed by atoms with Crippen molar-refractivity contribution in [2.75, 3.05) is 6.54 Å². The van der Waals surface area contributed by atoms with Gasteiger partial charge in [0.05, 0.1) is 12.6 Å². The van der Waals surface area contributed by atoms with E-state index in [1.807, 2.05) is 77.7 Å². The summed E-state index contributed by atoms with van der Waals surface area (Å²) in [5.41, 5.74) is 5.45. The molecule has 4 nitrogen and oxygen atoms in total. The van der Waals surface area contributed by atoms with Crippen LogP contribution in [0.5, 0.6) is 0 Å². The van der Waals surface area contributed by atoms with E-state index in [4.69, 9.17) is 9.47 Å². The molecule has 0 radical (unpaired) electrons. The van der Waals surface area contributed by atoms with Crippen molar-refractivity contribution in [3.05, 3.63) is 143 Å². The Hall–Kier alpha value is -3.89. The largest absolute Gasteiger partial charge is 0.445 e. The van der Waals surface area contributed by atoms with Gasteiger partial charge in [-0.2, -0.15) is 0 Å². The Bertz CT molecular complexity index is 1230. The maximum atomic E-state index is 13.4. The van der Waals surface area contributed by atoms with Gasteiger partial charge in [0.25, 0.3) is 0 Å². The lowest BCUT2D eigenvalue weighted by Crippen LogP contribution is -2.43. The molecule has 1 aliphatic heterocycles. The third kappa shape index (κ3) is 5.44. The summed E-state index contributed by atoms with van der Waals surface area (Å²) in [5.74, 6) is 0. The van der Waals surface area contributed by atoms with Crippen LogP contribution in [0.1, 0.15) is 40.0 Å². The van der Waals surface area contributed by atoms with E-state index in [2.05, 4.69) is 42.5 Å². The summed E-state index contributed by atoms with van der Waals surface area (Å²) in [7, 11) is 0. The Morgan fingerprint density at radius 3 is 2.00 bits per heavy atom. The Morgan fingerprint density at radius 1 is 0.743 bits per heavy atom. The van der Waals surface area contributed by atoms with Crippen molar-refractivity contribution in [1.82, 2.24) is 4.90 Å². The van der Waals surface area contributed by atoms with Gasteiger partial charge in [0.2, 0.25) is 0 Å². The highest BCUT2D eigenvalue weighted by Crippen LogP contribution is 2.42. The number of carbonyl (C=O) groups excluding carboxylic acids is 1. The third-order valence-electron chi connectivity index (χ3n) is 6.46. The third-order valence-corrected chi connectivity index (χ3v) is 6.46. The number of hydrogen-bond donors (Lipinski definition) is 0. The predicted octanol–water partition coefficient (Wildman–Crippen LogP) is 6.88. The van der Waals surface area contributed by atoms with Gasteiger partial charge in [-0.1, -0.05) is 115 Å². The first-order valence-electron chi connectivity index (χ1n) is 12.1. The van der Waals surface area contributed by atoms with E-state index in [0.717, 1.165) is 28.7 Å². The molecule has 35 heavy (non-hydrogen) atoms. The van der Waals surface area contributed by atoms with Crippen molar-refractivity contribution in [3.63, 3.8) is 0 Å². The smallest absolute Gasteiger partial charge is 0.410 e. The SMILES string of the molecule is O=C(OCc1ccccc1)N1CCc2ccccc2C1C(OCc1ccccc1)c1ccccc1. The van der Waals surface area contributed by atoms with Crippen molar-refractivity contribution in [2.24, 2.45) is 0 Å². The second-order valence-corrected chi connectivity index (χ2v) is 8.76. The molecule has 1 amide bonds. The van der Waals surface area contributed by atoms with E-state index in [1.54, 1.807) is 0 Å². The lowest BCUT2D eigenvalue weighted by Gasteiger charge is -2.41. The fourth-order valence-electron chi connectivity index (χ4n) is 4.70. The van der Waals surface area contributed by atoms with Gasteiger partial charge >= 0.3 is 6.09 Å². The highest BCUT2D eigenvalue weighted by Gasteiger charge is 2.38. The van der Waals surface area contributed by atoms with Crippen molar-refractivity contribution in [1.29, 1.82) is 0 Å². The molecular weight excluding hydrogens is 434 g/mol. The molecule has 0 saturated heterocycles. The number of rotatable bonds is 7. The summed E-state index contributed by atoms with van der Waals surface area (Å²) in [6, 6.07) is 38.1. The molecule has 4 aromatic rings. The minimum Gasteiger partial charge on any atom is -0.445 e. The van der Waals surface area contributed by atoms with E-state index in [0.29, 0.717) is 13.2 Å². The van der Waals surface area contributed by atoms with Crippen LogP contribution in [0.3, 0.4) is 0 Å². The van der Waals surface area contributed by atoms with Crippen LogP contribution in [-0.4, -0.2) is 17.5 Å². The first-order chi connectivity index (χ1) is 17.3. The Balaban J connectivity index is 1.47. The number of benzene rings is 4. The first kappa shape index (κ1) is 22.9. The van der Waals surface area contributed by atoms with Crippen LogP contribution in [0, 0.1) is 0 Å². The average molecular weight is 464 g/mol. The highest BCUT2D eigenvalue weighted by atomic mass is 16.6. The summed E-state index contributed by atoms with van der Waals surface area (Å²) < 4.78 is 12.4. The molecule has 0 N–H and O–H groups in total. The Kier molecular flexibility index (Phi) is 7.21. The average Bonchev–Trinajstić information content (AvgIpc) is 2.93. The van der Waals surface area contributed by atoms with Crippen LogP contribution >= 0.6 is 0 Å². The molecular formula is C31H29NO3. The summed E-state index contributed by atoms with van der Waals surface area (Å²) >= 11 is 0. The molecule has 0 fully saturated rings. The number of carbonyl (C=O) groups is 1. The van der Waals surface area contributed by atoms with Crippen LogP contribution in [0.2, 0.25) is 0 Å². The van der Waals surface area contributed by atoms with Gasteiger partial charge in [0.15, 0.2) is 0 Å². The van der Waals surface area contributed by atoms with Crippen LogP contribution in [0.15, 0.2) is 115 Å². The van der Waals surface area contributed by atoms with Crippen molar-refractivity contribution in [3.8, 4) is 0 Å². The maximum Gasteiger partial charge on any atom is 0.410 e. The van der Waals surface area contributed by atoms with E-state index < -0.39 is 0 Å². The number of nitrogens with zero attached hydrogens (tertiary/aromatic N) is 1. The number of ether oxygens (including phenoxy) is 2. The molecule has 4 heteroatoms. The zero-order valence-electron chi connectivity index (χ0n) is 19.6. The number of amides is 1. The van der Waals surface area contributed by atoms with Gasteiger partial charge in [-0.25, -0.2) is 4.79 Å². The van der Waals surface area contributed by atoms with Crippen molar-refractivity contribution in [2.45, 2.75) is 31.8 Å². The van der Waals surface area contributed by atoms with Crippen LogP contribution in [0.25, 0.3) is 0 Å².